The van der Waals surface area contributed by atoms with Crippen LogP contribution >= 0.6 is 34.2 Å². The number of fused-ring (bicyclic) bond motifs is 1. The molecule has 2 aliphatic carbocycles. The van der Waals surface area contributed by atoms with E-state index in [9.17, 15) is 28.1 Å². The van der Waals surface area contributed by atoms with Gasteiger partial charge in [0.05, 0.1) is 36.7 Å². The molecular formula is C35H38ClIN6O7S. The Bertz CT molecular complexity index is 2050. The van der Waals surface area contributed by atoms with Crippen LogP contribution in [0.25, 0.3) is 10.8 Å². The number of carbonyl (C=O) groups excluding carboxylic acids is 3. The number of hydrogen-bond acceptors (Lipinski definition) is 10. The number of rotatable bonds is 11. The smallest absolute Gasteiger partial charge is 0.260 e. The van der Waals surface area contributed by atoms with Crippen molar-refractivity contribution in [1.82, 2.24) is 19.9 Å². The third-order valence-corrected chi connectivity index (χ3v) is 12.9. The maximum Gasteiger partial charge on any atom is 0.260 e. The zero-order valence-electron chi connectivity index (χ0n) is 28.4. The summed E-state index contributed by atoms with van der Waals surface area (Å²) in [6, 6.07) is 12.1. The Morgan fingerprint density at radius 1 is 1.16 bits per heavy atom. The van der Waals surface area contributed by atoms with Gasteiger partial charge in [0.2, 0.25) is 27.7 Å². The van der Waals surface area contributed by atoms with Crippen molar-refractivity contribution in [2.45, 2.75) is 79.4 Å². The average molecular weight is 849 g/mol. The summed E-state index contributed by atoms with van der Waals surface area (Å²) in [6.45, 7) is 5.66. The molecule has 0 radical (unpaired) electrons. The lowest BCUT2D eigenvalue weighted by atomic mass is 9.85. The van der Waals surface area contributed by atoms with Crippen molar-refractivity contribution < 1.29 is 32.3 Å². The first-order valence-electron chi connectivity index (χ1n) is 16.4. The summed E-state index contributed by atoms with van der Waals surface area (Å²) in [5.41, 5.74) is -1.14. The van der Waals surface area contributed by atoms with Gasteiger partial charge in [0.15, 0.2) is 0 Å². The highest BCUT2D eigenvalue weighted by molar-refractivity contribution is 14.1. The summed E-state index contributed by atoms with van der Waals surface area (Å²) >= 11 is 8.36. The molecule has 51 heavy (non-hydrogen) atoms. The molecule has 0 spiro atoms. The maximum atomic E-state index is 14.6. The molecule has 6 rings (SSSR count). The minimum atomic E-state index is -3.86. The molecule has 16 heteroatoms. The van der Waals surface area contributed by atoms with E-state index >= 15 is 0 Å². The fourth-order valence-corrected chi connectivity index (χ4v) is 8.91. The van der Waals surface area contributed by atoms with Crippen molar-refractivity contribution in [3.05, 3.63) is 59.2 Å². The van der Waals surface area contributed by atoms with Crippen molar-refractivity contribution in [1.29, 1.82) is 5.26 Å². The predicted octanol–water partition coefficient (Wildman–Crippen LogP) is 4.31. The van der Waals surface area contributed by atoms with Crippen LogP contribution in [0.15, 0.2) is 48.7 Å². The van der Waals surface area contributed by atoms with Crippen molar-refractivity contribution in [2.75, 3.05) is 19.0 Å². The number of nitrogens with one attached hydrogen (secondary N) is 3. The number of sulfonamides is 1. The van der Waals surface area contributed by atoms with E-state index in [2.05, 4.69) is 26.4 Å². The van der Waals surface area contributed by atoms with Crippen LogP contribution in [-0.2, 0) is 24.4 Å². The van der Waals surface area contributed by atoms with Gasteiger partial charge in [-0.05, 0) is 61.1 Å². The molecule has 5 atom stereocenters. The summed E-state index contributed by atoms with van der Waals surface area (Å²) in [6.07, 6.45) is 2.06. The molecule has 2 aromatic carbocycles. The number of halogens is 2. The molecule has 3 aliphatic rings. The topological polar surface area (TPSA) is 180 Å². The number of hydrogen-bond donors (Lipinski definition) is 3. The maximum absolute atomic E-state index is 14.6. The average Bonchev–Trinajstić information content (AvgIpc) is 4.00. The lowest BCUT2D eigenvalue weighted by Crippen LogP contribution is -2.58. The Kier molecular flexibility index (Phi) is 10.1. The summed E-state index contributed by atoms with van der Waals surface area (Å²) in [5, 5.41) is 16.7. The highest BCUT2D eigenvalue weighted by Crippen LogP contribution is 2.44. The normalized spacial score (nSPS) is 23.5. The van der Waals surface area contributed by atoms with Crippen LogP contribution in [0.1, 0.15) is 52.0 Å². The minimum Gasteiger partial charge on any atom is -0.494 e. The first kappa shape index (κ1) is 36.9. The van der Waals surface area contributed by atoms with Gasteiger partial charge < -0.3 is 25.0 Å². The molecule has 1 aliphatic heterocycles. The minimum absolute atomic E-state index is 0.00209. The lowest BCUT2D eigenvalue weighted by Gasteiger charge is -2.36. The second kappa shape index (κ2) is 13.9. The first-order valence-corrected chi connectivity index (χ1v) is 19.6. The second-order valence-electron chi connectivity index (χ2n) is 14.2. The lowest BCUT2D eigenvalue weighted by molar-refractivity contribution is -0.141. The number of alkyl halides is 1. The van der Waals surface area contributed by atoms with Gasteiger partial charge in [-0.3, -0.25) is 19.1 Å². The van der Waals surface area contributed by atoms with Gasteiger partial charge >= 0.3 is 0 Å². The van der Waals surface area contributed by atoms with E-state index in [0.717, 1.165) is 0 Å². The Morgan fingerprint density at radius 2 is 1.88 bits per heavy atom. The Balaban J connectivity index is 1.31. The van der Waals surface area contributed by atoms with Crippen LogP contribution in [0.2, 0.25) is 5.02 Å². The standard InChI is InChI=1S/C35H38ClIN6O7S/c1-34(2,3)29(40-21-7-5-6-19(12-21)16-38)32(45)43-18-22(50-31-25-13-20(36)8-11-24(25)27(49-4)17-39-31)14-26(43)30(44)41-35(15-28(35)37)33(46)42-51(47,48)23-9-10-23/h5-8,11-13,17,22-23,26,28-29,40H,9-10,14-15,18H2,1-4H3,(H,41,44)(H,42,46)/t22-,26+,28-,29?,35-/m1/s1. The van der Waals surface area contributed by atoms with Crippen molar-refractivity contribution >= 4 is 78.4 Å². The van der Waals surface area contributed by atoms with Gasteiger partial charge in [0, 0.05) is 31.8 Å². The second-order valence-corrected chi connectivity index (χ2v) is 18.1. The van der Waals surface area contributed by atoms with Crippen molar-refractivity contribution in [3.8, 4) is 17.7 Å². The highest BCUT2D eigenvalue weighted by atomic mass is 127. The van der Waals surface area contributed by atoms with Crippen LogP contribution in [0.4, 0.5) is 5.69 Å². The number of pyridine rings is 1. The molecule has 1 aromatic heterocycles. The predicted molar refractivity (Wildman–Crippen MR) is 199 cm³/mol. The number of benzene rings is 2. The van der Waals surface area contributed by atoms with E-state index in [1.54, 1.807) is 42.5 Å². The SMILES string of the molecule is COc1cnc(O[C@@H]2C[C@@H](C(=O)N[C@]3(C(=O)NS(=O)(=O)C4CC4)C[C@H]3I)N(C(=O)C(Nc3cccc(C#N)c3)C(C)(C)C)C2)c2cc(Cl)ccc12. The first-order chi connectivity index (χ1) is 24.1. The number of amides is 3. The molecular weight excluding hydrogens is 811 g/mol. The third kappa shape index (κ3) is 7.68. The van der Waals surface area contributed by atoms with Crippen LogP contribution in [0.3, 0.4) is 0 Å². The molecule has 1 saturated heterocycles. The Labute approximate surface area is 315 Å². The van der Waals surface area contributed by atoms with E-state index in [0.29, 0.717) is 45.6 Å². The summed E-state index contributed by atoms with van der Waals surface area (Å²) in [7, 11) is -2.33. The summed E-state index contributed by atoms with van der Waals surface area (Å²) < 4.78 is 39.0. The van der Waals surface area contributed by atoms with Crippen LogP contribution in [0.5, 0.6) is 11.6 Å². The zero-order chi connectivity index (χ0) is 36.9. The molecule has 3 fully saturated rings. The number of nitriles is 1. The molecule has 0 bridgehead atoms. The number of nitrogens with zero attached hydrogens (tertiary/aromatic N) is 3. The van der Waals surface area contributed by atoms with Crippen molar-refractivity contribution in [2.24, 2.45) is 5.41 Å². The largest absolute Gasteiger partial charge is 0.494 e. The van der Waals surface area contributed by atoms with E-state index in [1.165, 1.54) is 18.2 Å². The quantitative estimate of drug-likeness (QED) is 0.186. The fourth-order valence-electron chi connectivity index (χ4n) is 6.24. The zero-order valence-corrected chi connectivity index (χ0v) is 32.1. The number of ether oxygens (including phenoxy) is 2. The summed E-state index contributed by atoms with van der Waals surface area (Å²) in [4.78, 5) is 48.1. The van der Waals surface area contributed by atoms with Crippen LogP contribution < -0.4 is 24.8 Å². The number of anilines is 1. The Hall–Kier alpha value is -3.88. The molecule has 1 unspecified atom stereocenters. The van der Waals surface area contributed by atoms with Gasteiger partial charge in [-0.25, -0.2) is 13.4 Å². The Morgan fingerprint density at radius 3 is 2.51 bits per heavy atom. The van der Waals surface area contributed by atoms with E-state index in [-0.39, 0.29) is 29.2 Å². The van der Waals surface area contributed by atoms with Gasteiger partial charge in [0.25, 0.3) is 5.91 Å². The van der Waals surface area contributed by atoms with E-state index < -0.39 is 62.1 Å². The molecule has 3 aromatic rings. The number of methoxy groups -OCH3 is 1. The van der Waals surface area contributed by atoms with E-state index in [1.807, 2.05) is 43.4 Å². The van der Waals surface area contributed by atoms with Gasteiger partial charge in [0.1, 0.15) is 29.5 Å². The highest BCUT2D eigenvalue weighted by Gasteiger charge is 2.62. The van der Waals surface area contributed by atoms with E-state index in [4.69, 9.17) is 21.1 Å². The monoisotopic (exact) mass is 848 g/mol. The molecule has 270 valence electrons. The van der Waals surface area contributed by atoms with Crippen LogP contribution in [0, 0.1) is 16.7 Å². The molecule has 2 saturated carbocycles. The molecule has 3 amide bonds. The molecule has 13 nitrogen and oxygen atoms in total. The van der Waals surface area contributed by atoms with Gasteiger partial charge in [-0.2, -0.15) is 5.26 Å². The molecule has 3 N–H and O–H groups in total. The number of likely N-dealkylation sites (tertiary alicyclic amines) is 1. The van der Waals surface area contributed by atoms with Gasteiger partial charge in [-0.15, -0.1) is 0 Å². The number of aromatic nitrogens is 1. The number of carbonyl (C=O) groups is 3. The fraction of sp³-hybridized carbons (Fsp3) is 0.457. The van der Waals surface area contributed by atoms with Crippen molar-refractivity contribution in [3.63, 3.8) is 0 Å². The third-order valence-electron chi connectivity index (χ3n) is 9.36. The summed E-state index contributed by atoms with van der Waals surface area (Å²) in [5.74, 6) is -1.05. The van der Waals surface area contributed by atoms with Gasteiger partial charge in [-0.1, -0.05) is 61.0 Å². The van der Waals surface area contributed by atoms with Crippen LogP contribution in [-0.4, -0.2) is 82.6 Å². The molecule has 2 heterocycles.